The van der Waals surface area contributed by atoms with Crippen LogP contribution in [0.15, 0.2) is 21.5 Å². The number of benzene rings is 1. The molecule has 0 saturated carbocycles. The first-order chi connectivity index (χ1) is 9.71. The largest absolute Gasteiger partial charge is 0.336 e. The fourth-order valence-corrected chi connectivity index (χ4v) is 4.47. The molecule has 0 spiro atoms. The number of likely N-dealkylation sites (tertiary alicyclic amines) is 1. The number of nitrogens with zero attached hydrogens (tertiary/aromatic N) is 1. The molecule has 1 aliphatic rings. The van der Waals surface area contributed by atoms with Gasteiger partial charge in [0.1, 0.15) is 0 Å². The minimum atomic E-state index is -3.93. The van der Waals surface area contributed by atoms with Crippen molar-refractivity contribution in [2.45, 2.75) is 37.1 Å². The summed E-state index contributed by atoms with van der Waals surface area (Å²) in [6.07, 6.45) is 2.95. The van der Waals surface area contributed by atoms with Crippen molar-refractivity contribution in [3.63, 3.8) is 0 Å². The van der Waals surface area contributed by atoms with Crippen molar-refractivity contribution in [1.82, 2.24) is 4.90 Å². The predicted octanol–water partition coefficient (Wildman–Crippen LogP) is 2.76. The lowest BCUT2D eigenvalue weighted by atomic mass is 10.0. The van der Waals surface area contributed by atoms with Gasteiger partial charge < -0.3 is 4.90 Å². The lowest BCUT2D eigenvalue weighted by Crippen LogP contribution is -2.42. The molecule has 1 aliphatic heterocycles. The van der Waals surface area contributed by atoms with Crippen LogP contribution in [0.5, 0.6) is 0 Å². The molecule has 1 saturated heterocycles. The number of sulfonamides is 1. The number of carbonyl (C=O) groups excluding carboxylic acids is 1. The average molecular weight is 396 g/mol. The average Bonchev–Trinajstić information content (AvgIpc) is 2.37. The first-order valence-electron chi connectivity index (χ1n) is 6.54. The molecule has 1 fully saturated rings. The fraction of sp³-hybridized carbons (Fsp3) is 0.462. The molecule has 2 rings (SSSR count). The maximum atomic E-state index is 12.6. The second-order valence-electron chi connectivity index (χ2n) is 5.15. The van der Waals surface area contributed by atoms with Crippen molar-refractivity contribution in [2.75, 3.05) is 6.54 Å². The molecule has 0 aliphatic carbocycles. The zero-order valence-corrected chi connectivity index (χ0v) is 14.6. The summed E-state index contributed by atoms with van der Waals surface area (Å²) >= 11 is 9.21. The van der Waals surface area contributed by atoms with Gasteiger partial charge in [0, 0.05) is 17.1 Å². The Morgan fingerprint density at radius 3 is 2.67 bits per heavy atom. The standard InChI is InChI=1S/C13H16BrClN2O3S/c1-8-4-2-3-5-17(8)13(18)9-6-12(21(16,19)20)10(14)7-11(9)15/h6-8H,2-5H2,1H3,(H2,16,19,20). The van der Waals surface area contributed by atoms with Gasteiger partial charge in [0.2, 0.25) is 10.0 Å². The van der Waals surface area contributed by atoms with Crippen molar-refractivity contribution in [3.8, 4) is 0 Å². The van der Waals surface area contributed by atoms with E-state index in [2.05, 4.69) is 15.9 Å². The van der Waals surface area contributed by atoms with Gasteiger partial charge in [-0.1, -0.05) is 11.6 Å². The SMILES string of the molecule is CC1CCCCN1C(=O)c1cc(S(N)(=O)=O)c(Br)cc1Cl. The molecule has 2 N–H and O–H groups in total. The Morgan fingerprint density at radius 1 is 1.43 bits per heavy atom. The highest BCUT2D eigenvalue weighted by Crippen LogP contribution is 2.30. The topological polar surface area (TPSA) is 80.5 Å². The first-order valence-corrected chi connectivity index (χ1v) is 9.26. The first kappa shape index (κ1) is 16.7. The van der Waals surface area contributed by atoms with Crippen LogP contribution in [0, 0.1) is 0 Å². The minimum Gasteiger partial charge on any atom is -0.336 e. The Kier molecular flexibility index (Phi) is 4.97. The maximum Gasteiger partial charge on any atom is 0.255 e. The normalized spacial score (nSPS) is 19.6. The van der Waals surface area contributed by atoms with Gasteiger partial charge in [0.25, 0.3) is 5.91 Å². The Balaban J connectivity index is 2.46. The maximum absolute atomic E-state index is 12.6. The second-order valence-corrected chi connectivity index (χ2v) is 7.94. The van der Waals surface area contributed by atoms with E-state index in [4.69, 9.17) is 16.7 Å². The third kappa shape index (κ3) is 3.59. The summed E-state index contributed by atoms with van der Waals surface area (Å²) in [6, 6.07) is 2.75. The van der Waals surface area contributed by atoms with E-state index in [0.29, 0.717) is 6.54 Å². The van der Waals surface area contributed by atoms with Crippen LogP contribution in [0.4, 0.5) is 0 Å². The van der Waals surface area contributed by atoms with Crippen LogP contribution in [-0.2, 0) is 10.0 Å². The Morgan fingerprint density at radius 2 is 2.10 bits per heavy atom. The lowest BCUT2D eigenvalue weighted by Gasteiger charge is -2.33. The van der Waals surface area contributed by atoms with E-state index < -0.39 is 10.0 Å². The molecule has 0 radical (unpaired) electrons. The van der Waals surface area contributed by atoms with Crippen LogP contribution in [0.1, 0.15) is 36.5 Å². The second kappa shape index (κ2) is 6.24. The third-order valence-electron chi connectivity index (χ3n) is 3.62. The van der Waals surface area contributed by atoms with Crippen molar-refractivity contribution >= 4 is 43.5 Å². The van der Waals surface area contributed by atoms with Crippen molar-refractivity contribution in [2.24, 2.45) is 5.14 Å². The van der Waals surface area contributed by atoms with Gasteiger partial charge in [-0.05, 0) is 54.2 Å². The molecule has 5 nitrogen and oxygen atoms in total. The third-order valence-corrected chi connectivity index (χ3v) is 5.80. The smallest absolute Gasteiger partial charge is 0.255 e. The van der Waals surface area contributed by atoms with Crippen LogP contribution in [0.3, 0.4) is 0 Å². The van der Waals surface area contributed by atoms with Gasteiger partial charge in [-0.3, -0.25) is 4.79 Å². The summed E-state index contributed by atoms with van der Waals surface area (Å²) in [4.78, 5) is 14.2. The fourth-order valence-electron chi connectivity index (χ4n) is 2.47. The number of piperidine rings is 1. The summed E-state index contributed by atoms with van der Waals surface area (Å²) in [5.74, 6) is -0.260. The number of hydrogen-bond acceptors (Lipinski definition) is 3. The molecule has 1 unspecified atom stereocenters. The summed E-state index contributed by atoms with van der Waals surface area (Å²) in [5.41, 5.74) is 0.164. The van der Waals surface area contributed by atoms with Crippen LogP contribution in [-0.4, -0.2) is 31.8 Å². The predicted molar refractivity (Wildman–Crippen MR) is 84.9 cm³/mol. The quantitative estimate of drug-likeness (QED) is 0.836. The summed E-state index contributed by atoms with van der Waals surface area (Å²) in [7, 11) is -3.93. The van der Waals surface area contributed by atoms with E-state index >= 15 is 0 Å². The molecule has 1 amide bonds. The molecule has 1 aromatic carbocycles. The molecule has 116 valence electrons. The monoisotopic (exact) mass is 394 g/mol. The van der Waals surface area contributed by atoms with Gasteiger partial charge in [-0.2, -0.15) is 0 Å². The molecule has 1 atom stereocenters. The van der Waals surface area contributed by atoms with Crippen LogP contribution in [0.2, 0.25) is 5.02 Å². The number of hydrogen-bond donors (Lipinski definition) is 1. The zero-order valence-electron chi connectivity index (χ0n) is 11.5. The molecular weight excluding hydrogens is 380 g/mol. The Bertz CT molecular complexity index is 678. The summed E-state index contributed by atoms with van der Waals surface area (Å²) in [6.45, 7) is 2.63. The van der Waals surface area contributed by atoms with E-state index in [1.807, 2.05) is 6.92 Å². The van der Waals surface area contributed by atoms with Crippen molar-refractivity contribution in [3.05, 3.63) is 27.2 Å². The molecular formula is C13H16BrClN2O3S. The summed E-state index contributed by atoms with van der Waals surface area (Å²) < 4.78 is 23.4. The number of rotatable bonds is 2. The number of carbonyl (C=O) groups is 1. The summed E-state index contributed by atoms with van der Waals surface area (Å²) in [5, 5.41) is 5.36. The minimum absolute atomic E-state index is 0.115. The highest BCUT2D eigenvalue weighted by molar-refractivity contribution is 9.10. The van der Waals surface area contributed by atoms with Gasteiger partial charge in [-0.25, -0.2) is 13.6 Å². The van der Waals surface area contributed by atoms with Crippen molar-refractivity contribution < 1.29 is 13.2 Å². The highest BCUT2D eigenvalue weighted by Gasteiger charge is 2.27. The van der Waals surface area contributed by atoms with Gasteiger partial charge in [0.15, 0.2) is 0 Å². The van der Waals surface area contributed by atoms with Gasteiger partial charge in [0.05, 0.1) is 15.5 Å². The molecule has 8 heteroatoms. The molecule has 21 heavy (non-hydrogen) atoms. The zero-order chi connectivity index (χ0) is 15.8. The number of nitrogens with two attached hydrogens (primary N) is 1. The number of primary sulfonamides is 1. The van der Waals surface area contributed by atoms with Crippen molar-refractivity contribution in [1.29, 1.82) is 0 Å². The van der Waals surface area contributed by atoms with E-state index in [0.717, 1.165) is 19.3 Å². The van der Waals surface area contributed by atoms with E-state index in [9.17, 15) is 13.2 Å². The van der Waals surface area contributed by atoms with Crippen LogP contribution < -0.4 is 5.14 Å². The van der Waals surface area contributed by atoms with Crippen LogP contribution >= 0.6 is 27.5 Å². The molecule has 0 bridgehead atoms. The van der Waals surface area contributed by atoms with Gasteiger partial charge >= 0.3 is 0 Å². The van der Waals surface area contributed by atoms with E-state index in [-0.39, 0.29) is 31.9 Å². The van der Waals surface area contributed by atoms with Crippen LogP contribution in [0.25, 0.3) is 0 Å². The van der Waals surface area contributed by atoms with E-state index in [1.165, 1.54) is 12.1 Å². The Labute approximate surface area is 137 Å². The molecule has 0 aromatic heterocycles. The lowest BCUT2D eigenvalue weighted by molar-refractivity contribution is 0.0635. The molecule has 1 aromatic rings. The molecule has 1 heterocycles. The van der Waals surface area contributed by atoms with Gasteiger partial charge in [-0.15, -0.1) is 0 Å². The number of halogens is 2. The Hall–Kier alpha value is -0.630. The number of amides is 1. The highest BCUT2D eigenvalue weighted by atomic mass is 79.9. The van der Waals surface area contributed by atoms with E-state index in [1.54, 1.807) is 4.90 Å².